The molecule has 0 atom stereocenters. The molecule has 5 nitrogen and oxygen atoms in total. The van der Waals surface area contributed by atoms with Crippen molar-refractivity contribution in [1.82, 2.24) is 14.5 Å². The molecule has 0 aliphatic carbocycles. The summed E-state index contributed by atoms with van der Waals surface area (Å²) in [5.41, 5.74) is 0.632. The number of ether oxygens (including phenoxy) is 1. The summed E-state index contributed by atoms with van der Waals surface area (Å²) >= 11 is 5.89. The number of esters is 1. The van der Waals surface area contributed by atoms with Crippen LogP contribution in [0.5, 0.6) is 0 Å². The highest BCUT2D eigenvalue weighted by molar-refractivity contribution is 6.33. The van der Waals surface area contributed by atoms with Gasteiger partial charge in [-0.05, 0) is 13.0 Å². The van der Waals surface area contributed by atoms with Crippen molar-refractivity contribution >= 4 is 28.6 Å². The van der Waals surface area contributed by atoms with Gasteiger partial charge in [0, 0.05) is 6.20 Å². The van der Waals surface area contributed by atoms with E-state index in [1.807, 2.05) is 0 Å². The molecule has 2 rings (SSSR count). The number of carbonyl (C=O) groups is 1. The van der Waals surface area contributed by atoms with Crippen LogP contribution in [-0.2, 0) is 16.1 Å². The second-order valence-electron chi connectivity index (χ2n) is 3.15. The average molecular weight is 240 g/mol. The first-order valence-corrected chi connectivity index (χ1v) is 5.21. The lowest BCUT2D eigenvalue weighted by atomic mass is 10.4. The topological polar surface area (TPSA) is 57.0 Å². The Morgan fingerprint density at radius 2 is 2.38 bits per heavy atom. The van der Waals surface area contributed by atoms with Crippen LogP contribution in [0.1, 0.15) is 6.92 Å². The molecule has 0 spiro atoms. The van der Waals surface area contributed by atoms with Crippen molar-refractivity contribution in [3.63, 3.8) is 0 Å². The molecule has 0 radical (unpaired) electrons. The van der Waals surface area contributed by atoms with Gasteiger partial charge in [0.05, 0.1) is 12.0 Å². The molecule has 0 aliphatic rings. The number of carbonyl (C=O) groups excluding carboxylic acids is 1. The summed E-state index contributed by atoms with van der Waals surface area (Å²) in [6, 6.07) is 1.77. The monoisotopic (exact) mass is 239 g/mol. The molecule has 0 aromatic carbocycles. The first kappa shape index (κ1) is 10.9. The summed E-state index contributed by atoms with van der Waals surface area (Å²) in [7, 11) is 0. The van der Waals surface area contributed by atoms with Gasteiger partial charge in [0.2, 0.25) is 0 Å². The van der Waals surface area contributed by atoms with Gasteiger partial charge in [0.1, 0.15) is 23.7 Å². The minimum absolute atomic E-state index is 0.130. The molecule has 0 fully saturated rings. The summed E-state index contributed by atoms with van der Waals surface area (Å²) in [6.45, 7) is 2.27. The SMILES string of the molecule is CCOC(=O)Cn1ccc2c(Cl)ncnc21. The third-order valence-corrected chi connectivity index (χ3v) is 2.41. The standard InChI is InChI=1S/C10H10ClN3O2/c1-2-16-8(15)5-14-4-3-7-9(11)12-6-13-10(7)14/h3-4,6H,2,5H2,1H3. The van der Waals surface area contributed by atoms with Crippen LogP contribution in [0.15, 0.2) is 18.6 Å². The van der Waals surface area contributed by atoms with Crippen LogP contribution in [0.2, 0.25) is 5.15 Å². The Morgan fingerprint density at radius 3 is 3.12 bits per heavy atom. The molecule has 0 N–H and O–H groups in total. The Labute approximate surface area is 97.0 Å². The lowest BCUT2D eigenvalue weighted by molar-refractivity contribution is -0.143. The quantitative estimate of drug-likeness (QED) is 0.604. The fourth-order valence-electron chi connectivity index (χ4n) is 1.45. The van der Waals surface area contributed by atoms with Gasteiger partial charge in [-0.25, -0.2) is 9.97 Å². The highest BCUT2D eigenvalue weighted by atomic mass is 35.5. The normalized spacial score (nSPS) is 10.6. The van der Waals surface area contributed by atoms with Crippen molar-refractivity contribution in [2.75, 3.05) is 6.61 Å². The molecular weight excluding hydrogens is 230 g/mol. The number of aromatic nitrogens is 3. The number of fused-ring (bicyclic) bond motifs is 1. The van der Waals surface area contributed by atoms with Crippen LogP contribution in [0, 0.1) is 0 Å². The van der Waals surface area contributed by atoms with Crippen molar-refractivity contribution in [1.29, 1.82) is 0 Å². The number of hydrogen-bond acceptors (Lipinski definition) is 4. The van der Waals surface area contributed by atoms with E-state index in [-0.39, 0.29) is 12.5 Å². The van der Waals surface area contributed by atoms with Gasteiger partial charge in [-0.2, -0.15) is 0 Å². The van der Waals surface area contributed by atoms with Crippen molar-refractivity contribution in [3.05, 3.63) is 23.7 Å². The van der Waals surface area contributed by atoms with Crippen LogP contribution < -0.4 is 0 Å². The third-order valence-electron chi connectivity index (χ3n) is 2.11. The third kappa shape index (κ3) is 1.99. The first-order chi connectivity index (χ1) is 7.72. The summed E-state index contributed by atoms with van der Waals surface area (Å²) in [5, 5.41) is 1.11. The Morgan fingerprint density at radius 1 is 1.56 bits per heavy atom. The number of halogens is 1. The van der Waals surface area contributed by atoms with Crippen LogP contribution in [0.4, 0.5) is 0 Å². The summed E-state index contributed by atoms with van der Waals surface area (Å²) in [5.74, 6) is -0.297. The summed E-state index contributed by atoms with van der Waals surface area (Å²) in [4.78, 5) is 19.3. The van der Waals surface area contributed by atoms with Gasteiger partial charge in [-0.1, -0.05) is 11.6 Å². The second kappa shape index (κ2) is 4.49. The first-order valence-electron chi connectivity index (χ1n) is 4.83. The predicted molar refractivity (Wildman–Crippen MR) is 59.2 cm³/mol. The van der Waals surface area contributed by atoms with E-state index in [1.165, 1.54) is 6.33 Å². The minimum Gasteiger partial charge on any atom is -0.465 e. The maximum Gasteiger partial charge on any atom is 0.325 e. The zero-order valence-corrected chi connectivity index (χ0v) is 9.44. The molecular formula is C10H10ClN3O2. The largest absolute Gasteiger partial charge is 0.465 e. The molecule has 6 heteroatoms. The zero-order chi connectivity index (χ0) is 11.5. The van der Waals surface area contributed by atoms with E-state index in [1.54, 1.807) is 23.8 Å². The lowest BCUT2D eigenvalue weighted by Crippen LogP contribution is -2.12. The fraction of sp³-hybridized carbons (Fsp3) is 0.300. The van der Waals surface area contributed by atoms with Crippen molar-refractivity contribution in [2.24, 2.45) is 0 Å². The predicted octanol–water partition coefficient (Wildman–Crippen LogP) is 1.65. The van der Waals surface area contributed by atoms with Gasteiger partial charge in [0.15, 0.2) is 0 Å². The molecule has 0 saturated carbocycles. The second-order valence-corrected chi connectivity index (χ2v) is 3.51. The van der Waals surface area contributed by atoms with Gasteiger partial charge in [-0.15, -0.1) is 0 Å². The molecule has 0 aliphatic heterocycles. The Bertz CT molecular complexity index is 524. The van der Waals surface area contributed by atoms with E-state index in [0.717, 1.165) is 5.39 Å². The van der Waals surface area contributed by atoms with Crippen molar-refractivity contribution in [2.45, 2.75) is 13.5 Å². The minimum atomic E-state index is -0.297. The zero-order valence-electron chi connectivity index (χ0n) is 8.68. The highest BCUT2D eigenvalue weighted by Crippen LogP contribution is 2.19. The van der Waals surface area contributed by atoms with E-state index in [9.17, 15) is 4.79 Å². The van der Waals surface area contributed by atoms with E-state index in [2.05, 4.69) is 9.97 Å². The lowest BCUT2D eigenvalue weighted by Gasteiger charge is -2.04. The van der Waals surface area contributed by atoms with Crippen LogP contribution in [-0.4, -0.2) is 27.1 Å². The molecule has 2 aromatic rings. The maximum absolute atomic E-state index is 11.3. The molecule has 0 saturated heterocycles. The van der Waals surface area contributed by atoms with Crippen LogP contribution >= 0.6 is 11.6 Å². The fourth-order valence-corrected chi connectivity index (χ4v) is 1.64. The summed E-state index contributed by atoms with van der Waals surface area (Å²) < 4.78 is 6.54. The van der Waals surface area contributed by atoms with Crippen molar-refractivity contribution in [3.8, 4) is 0 Å². The van der Waals surface area contributed by atoms with Gasteiger partial charge >= 0.3 is 5.97 Å². The summed E-state index contributed by atoms with van der Waals surface area (Å²) in [6.07, 6.45) is 3.11. The molecule has 0 amide bonds. The van der Waals surface area contributed by atoms with Crippen molar-refractivity contribution < 1.29 is 9.53 Å². The van der Waals surface area contributed by atoms with Gasteiger partial charge < -0.3 is 9.30 Å². The van der Waals surface area contributed by atoms with Crippen LogP contribution in [0.3, 0.4) is 0 Å². The molecule has 0 bridgehead atoms. The molecule has 2 heterocycles. The Hall–Kier alpha value is -1.62. The average Bonchev–Trinajstić information content (AvgIpc) is 2.64. The van der Waals surface area contributed by atoms with E-state index in [4.69, 9.17) is 16.3 Å². The van der Waals surface area contributed by atoms with Gasteiger partial charge in [-0.3, -0.25) is 4.79 Å². The number of nitrogens with zero attached hydrogens (tertiary/aromatic N) is 3. The Kier molecular flexibility index (Phi) is 3.05. The maximum atomic E-state index is 11.3. The van der Waals surface area contributed by atoms with Crippen LogP contribution in [0.25, 0.3) is 11.0 Å². The smallest absolute Gasteiger partial charge is 0.325 e. The highest BCUT2D eigenvalue weighted by Gasteiger charge is 2.09. The molecule has 16 heavy (non-hydrogen) atoms. The Balaban J connectivity index is 2.32. The molecule has 0 unspecified atom stereocenters. The molecule has 2 aromatic heterocycles. The number of rotatable bonds is 3. The molecule has 84 valence electrons. The van der Waals surface area contributed by atoms with Gasteiger partial charge in [0.25, 0.3) is 0 Å². The number of hydrogen-bond donors (Lipinski definition) is 0. The van der Waals surface area contributed by atoms with E-state index < -0.39 is 0 Å². The van der Waals surface area contributed by atoms with E-state index >= 15 is 0 Å². The van der Waals surface area contributed by atoms with E-state index in [0.29, 0.717) is 17.4 Å².